The summed E-state index contributed by atoms with van der Waals surface area (Å²) in [5, 5.41) is 17.2. The lowest BCUT2D eigenvalue weighted by atomic mass is 10.1. The Kier molecular flexibility index (Phi) is 6.11. The van der Waals surface area contributed by atoms with Gasteiger partial charge in [-0.05, 0) is 42.7 Å². The van der Waals surface area contributed by atoms with Crippen molar-refractivity contribution in [2.45, 2.75) is 33.2 Å². The van der Waals surface area contributed by atoms with Crippen LogP contribution in [0.25, 0.3) is 10.9 Å². The zero-order valence-corrected chi connectivity index (χ0v) is 19.2. The molecule has 170 valence electrons. The van der Waals surface area contributed by atoms with Crippen molar-refractivity contribution in [2.75, 3.05) is 5.32 Å². The Morgan fingerprint density at radius 3 is 2.50 bits per heavy atom. The number of nitrogens with one attached hydrogen (secondary N) is 1. The summed E-state index contributed by atoms with van der Waals surface area (Å²) in [6, 6.07) is 17.9. The maximum atomic E-state index is 13.2. The van der Waals surface area contributed by atoms with E-state index in [1.54, 1.807) is 36.4 Å². The van der Waals surface area contributed by atoms with Gasteiger partial charge in [-0.3, -0.25) is 14.3 Å². The number of carbonyl (C=O) groups is 2. The molecule has 0 aliphatic rings. The summed E-state index contributed by atoms with van der Waals surface area (Å²) in [7, 11) is 0. The fourth-order valence-electron chi connectivity index (χ4n) is 3.99. The number of nitriles is 1. The third-order valence-electron chi connectivity index (χ3n) is 5.58. The molecule has 0 radical (unpaired) electrons. The van der Waals surface area contributed by atoms with Crippen LogP contribution in [-0.4, -0.2) is 26.6 Å². The number of primary amides is 1. The number of nitrogens with zero attached hydrogens (tertiary/aromatic N) is 4. The standard InChI is InChI=1S/C26H24N6O2/c1-15(2)24-23(16(3)31-32(24)14-18-10-8-17(13-27)9-11-18)30-26(34)22-12-20(25(28)33)19-6-4-5-7-21(19)29-22/h4-12,15H,14H2,1-3H3,(H2,28,33)(H,30,34). The van der Waals surface area contributed by atoms with Crippen molar-refractivity contribution < 1.29 is 9.59 Å². The van der Waals surface area contributed by atoms with Gasteiger partial charge < -0.3 is 11.1 Å². The second-order valence-electron chi connectivity index (χ2n) is 8.36. The van der Waals surface area contributed by atoms with Gasteiger partial charge in [-0.25, -0.2) is 4.98 Å². The van der Waals surface area contributed by atoms with Crippen LogP contribution in [0.3, 0.4) is 0 Å². The summed E-state index contributed by atoms with van der Waals surface area (Å²) in [5.74, 6) is -1.00. The number of fused-ring (bicyclic) bond motifs is 1. The number of aromatic nitrogens is 3. The van der Waals surface area contributed by atoms with Crippen LogP contribution in [0.5, 0.6) is 0 Å². The largest absolute Gasteiger partial charge is 0.366 e. The number of amides is 2. The van der Waals surface area contributed by atoms with Crippen molar-refractivity contribution in [1.29, 1.82) is 5.26 Å². The first-order chi connectivity index (χ1) is 16.3. The number of anilines is 1. The van der Waals surface area contributed by atoms with Crippen LogP contribution < -0.4 is 11.1 Å². The van der Waals surface area contributed by atoms with Gasteiger partial charge in [0.25, 0.3) is 5.91 Å². The predicted octanol–water partition coefficient (Wildman–Crippen LogP) is 4.13. The number of benzene rings is 2. The first kappa shape index (κ1) is 22.7. The molecule has 2 heterocycles. The molecule has 0 saturated heterocycles. The number of hydrogen-bond donors (Lipinski definition) is 2. The highest BCUT2D eigenvalue weighted by atomic mass is 16.2. The molecule has 0 bridgehead atoms. The molecule has 3 N–H and O–H groups in total. The lowest BCUT2D eigenvalue weighted by Crippen LogP contribution is -2.19. The van der Waals surface area contributed by atoms with Gasteiger partial charge in [0.2, 0.25) is 5.91 Å². The highest BCUT2D eigenvalue weighted by Crippen LogP contribution is 2.29. The average molecular weight is 453 g/mol. The molecule has 0 fully saturated rings. The summed E-state index contributed by atoms with van der Waals surface area (Å²) in [6.07, 6.45) is 0. The van der Waals surface area contributed by atoms with Crippen LogP contribution in [0, 0.1) is 18.3 Å². The van der Waals surface area contributed by atoms with Gasteiger partial charge in [0.15, 0.2) is 0 Å². The third-order valence-corrected chi connectivity index (χ3v) is 5.58. The summed E-state index contributed by atoms with van der Waals surface area (Å²) in [6.45, 7) is 6.39. The smallest absolute Gasteiger partial charge is 0.274 e. The van der Waals surface area contributed by atoms with Crippen molar-refractivity contribution >= 4 is 28.4 Å². The minimum Gasteiger partial charge on any atom is -0.366 e. The van der Waals surface area contributed by atoms with Crippen LogP contribution >= 0.6 is 0 Å². The van der Waals surface area contributed by atoms with Gasteiger partial charge in [0.05, 0.1) is 46.3 Å². The van der Waals surface area contributed by atoms with Gasteiger partial charge in [-0.15, -0.1) is 0 Å². The van der Waals surface area contributed by atoms with Gasteiger partial charge >= 0.3 is 0 Å². The average Bonchev–Trinajstić information content (AvgIpc) is 3.13. The van der Waals surface area contributed by atoms with Crippen molar-refractivity contribution in [3.63, 3.8) is 0 Å². The fourth-order valence-corrected chi connectivity index (χ4v) is 3.99. The molecule has 8 nitrogen and oxygen atoms in total. The number of para-hydroxylation sites is 1. The van der Waals surface area contributed by atoms with E-state index < -0.39 is 11.8 Å². The molecule has 0 atom stereocenters. The number of pyridine rings is 1. The molecule has 0 unspecified atom stereocenters. The normalized spacial score (nSPS) is 10.9. The van der Waals surface area contributed by atoms with E-state index in [-0.39, 0.29) is 17.2 Å². The molecule has 0 spiro atoms. The summed E-state index contributed by atoms with van der Waals surface area (Å²) < 4.78 is 1.86. The first-order valence-electron chi connectivity index (χ1n) is 10.9. The highest BCUT2D eigenvalue weighted by Gasteiger charge is 2.22. The van der Waals surface area contributed by atoms with E-state index in [1.165, 1.54) is 6.07 Å². The first-order valence-corrected chi connectivity index (χ1v) is 10.9. The zero-order valence-electron chi connectivity index (χ0n) is 19.2. The molecular formula is C26H24N6O2. The molecule has 0 aliphatic heterocycles. The highest BCUT2D eigenvalue weighted by molar-refractivity contribution is 6.10. The van der Waals surface area contributed by atoms with Gasteiger partial charge in [-0.1, -0.05) is 44.2 Å². The Morgan fingerprint density at radius 1 is 1.15 bits per heavy atom. The monoisotopic (exact) mass is 452 g/mol. The zero-order chi connectivity index (χ0) is 24.4. The van der Waals surface area contributed by atoms with Crippen LogP contribution in [0.15, 0.2) is 54.6 Å². The van der Waals surface area contributed by atoms with Gasteiger partial charge in [0, 0.05) is 5.39 Å². The molecule has 8 heteroatoms. The van der Waals surface area contributed by atoms with E-state index in [0.717, 1.165) is 11.3 Å². The van der Waals surface area contributed by atoms with Crippen LogP contribution in [0.4, 0.5) is 5.69 Å². The molecular weight excluding hydrogens is 428 g/mol. The van der Waals surface area contributed by atoms with Crippen molar-refractivity contribution in [1.82, 2.24) is 14.8 Å². The number of aryl methyl sites for hydroxylation is 1. The minimum absolute atomic E-state index is 0.0700. The van der Waals surface area contributed by atoms with Crippen LogP contribution in [0.2, 0.25) is 0 Å². The summed E-state index contributed by atoms with van der Waals surface area (Å²) in [4.78, 5) is 29.6. The molecule has 4 rings (SSSR count). The van der Waals surface area contributed by atoms with E-state index in [4.69, 9.17) is 11.0 Å². The van der Waals surface area contributed by atoms with Crippen LogP contribution in [-0.2, 0) is 6.54 Å². The lowest BCUT2D eigenvalue weighted by molar-refractivity contribution is 0.100. The van der Waals surface area contributed by atoms with E-state index >= 15 is 0 Å². The van der Waals surface area contributed by atoms with E-state index in [2.05, 4.69) is 21.5 Å². The maximum Gasteiger partial charge on any atom is 0.274 e. The topological polar surface area (TPSA) is 127 Å². The summed E-state index contributed by atoms with van der Waals surface area (Å²) in [5.41, 5.74) is 10.1. The Hall–Kier alpha value is -4.51. The molecule has 0 saturated carbocycles. The number of nitrogens with two attached hydrogens (primary N) is 1. The molecule has 4 aromatic rings. The lowest BCUT2D eigenvalue weighted by Gasteiger charge is -2.14. The second kappa shape index (κ2) is 9.16. The van der Waals surface area contributed by atoms with Crippen LogP contribution in [0.1, 0.15) is 63.1 Å². The SMILES string of the molecule is Cc1nn(Cc2ccc(C#N)cc2)c(C(C)C)c1NC(=O)c1cc(C(N)=O)c2ccccc2n1. The van der Waals surface area contributed by atoms with Crippen molar-refractivity contribution in [3.05, 3.63) is 88.4 Å². The third kappa shape index (κ3) is 4.36. The Morgan fingerprint density at radius 2 is 1.85 bits per heavy atom. The van der Waals surface area contributed by atoms with E-state index in [9.17, 15) is 9.59 Å². The number of hydrogen-bond acceptors (Lipinski definition) is 5. The Labute approximate surface area is 197 Å². The molecule has 34 heavy (non-hydrogen) atoms. The van der Waals surface area contributed by atoms with E-state index in [1.807, 2.05) is 37.6 Å². The molecule has 0 aliphatic carbocycles. The Bertz CT molecular complexity index is 1440. The van der Waals surface area contributed by atoms with Crippen molar-refractivity contribution in [2.24, 2.45) is 5.73 Å². The molecule has 2 aromatic carbocycles. The Balaban J connectivity index is 1.69. The van der Waals surface area contributed by atoms with Gasteiger partial charge in [0.1, 0.15) is 5.69 Å². The van der Waals surface area contributed by atoms with Crippen molar-refractivity contribution in [3.8, 4) is 6.07 Å². The fraction of sp³-hybridized carbons (Fsp3) is 0.192. The predicted molar refractivity (Wildman–Crippen MR) is 130 cm³/mol. The molecule has 2 amide bonds. The second-order valence-corrected chi connectivity index (χ2v) is 8.36. The quantitative estimate of drug-likeness (QED) is 0.455. The number of rotatable bonds is 6. The van der Waals surface area contributed by atoms with Gasteiger partial charge in [-0.2, -0.15) is 10.4 Å². The van der Waals surface area contributed by atoms with E-state index in [0.29, 0.717) is 34.4 Å². The minimum atomic E-state index is -0.623. The number of carbonyl (C=O) groups excluding carboxylic acids is 2. The maximum absolute atomic E-state index is 13.2. The summed E-state index contributed by atoms with van der Waals surface area (Å²) >= 11 is 0. The molecule has 2 aromatic heterocycles.